The monoisotopic (exact) mass is 648 g/mol. The summed E-state index contributed by atoms with van der Waals surface area (Å²) < 4.78 is 31.1. The number of pyridine rings is 1. The Bertz CT molecular complexity index is 1770. The zero-order chi connectivity index (χ0) is 33.0. The zero-order valence-corrected chi connectivity index (χ0v) is 27.1. The highest BCUT2D eigenvalue weighted by Crippen LogP contribution is 2.40. The van der Waals surface area contributed by atoms with Crippen LogP contribution in [0.5, 0.6) is 0 Å². The molecule has 4 heterocycles. The van der Waals surface area contributed by atoms with E-state index in [2.05, 4.69) is 26.6 Å². The molecule has 250 valence electrons. The van der Waals surface area contributed by atoms with Crippen LogP contribution in [0, 0.1) is 11.6 Å². The van der Waals surface area contributed by atoms with Crippen molar-refractivity contribution in [3.63, 3.8) is 0 Å². The Morgan fingerprint density at radius 3 is 1.83 bits per heavy atom. The van der Waals surface area contributed by atoms with E-state index in [4.69, 9.17) is 0 Å². The summed E-state index contributed by atoms with van der Waals surface area (Å²) >= 11 is 0. The van der Waals surface area contributed by atoms with E-state index >= 15 is 0 Å². The second kappa shape index (κ2) is 12.5. The molecule has 0 spiro atoms. The van der Waals surface area contributed by atoms with Gasteiger partial charge in [-0.2, -0.15) is 0 Å². The van der Waals surface area contributed by atoms with E-state index in [0.29, 0.717) is 34.9 Å². The summed E-state index contributed by atoms with van der Waals surface area (Å²) in [6.45, 7) is 7.50. The van der Waals surface area contributed by atoms with Crippen LogP contribution in [0.15, 0.2) is 35.3 Å². The van der Waals surface area contributed by atoms with Gasteiger partial charge in [-0.05, 0) is 64.0 Å². The van der Waals surface area contributed by atoms with Gasteiger partial charge in [-0.15, -0.1) is 0 Å². The third-order valence-corrected chi connectivity index (χ3v) is 10.2. The SMILES string of the molecule is CN1CCN(c2cc3c(cc2F)C(=O)CCN3C2CC2)CC1.CN1CCN(c2cc3c(cc2F)c(=O)c(C(=O)O)cn3C2CC2)CC1. The minimum absolute atomic E-state index is 0.0794. The molecular formula is C35H42F2N6O4. The van der Waals surface area contributed by atoms with Crippen LogP contribution in [0.3, 0.4) is 0 Å². The molecule has 3 aromatic rings. The standard InChI is InChI=1S/C18H20FN3O3.C17H22FN3O/c1-20-4-6-21(7-5-20)16-9-15-12(8-14(16)19)17(23)13(18(24)25)10-22(15)11-2-3-11;1-19-6-8-20(9-7-19)16-11-15-13(10-14(16)18)17(22)4-5-21(15)12-2-3-12/h8-11H,2-7H2,1H3,(H,24,25);10-12H,2-9H2,1H3. The number of carbonyl (C=O) groups excluding carboxylic acids is 1. The van der Waals surface area contributed by atoms with Gasteiger partial charge < -0.3 is 34.2 Å². The zero-order valence-electron chi connectivity index (χ0n) is 27.1. The second-order valence-corrected chi connectivity index (χ2v) is 13.6. The number of carbonyl (C=O) groups is 2. The number of hydrogen-bond donors (Lipinski definition) is 1. The van der Waals surface area contributed by atoms with Crippen molar-refractivity contribution in [2.75, 3.05) is 87.7 Å². The summed E-state index contributed by atoms with van der Waals surface area (Å²) in [7, 11) is 4.13. The number of aromatic carboxylic acids is 1. The highest BCUT2D eigenvalue weighted by atomic mass is 19.1. The van der Waals surface area contributed by atoms with Crippen LogP contribution >= 0.6 is 0 Å². The first-order chi connectivity index (χ1) is 22.6. The summed E-state index contributed by atoms with van der Waals surface area (Å²) in [6, 6.07) is 7.05. The Labute approximate surface area is 272 Å². The number of ketones is 1. The van der Waals surface area contributed by atoms with Gasteiger partial charge in [0.15, 0.2) is 5.78 Å². The van der Waals surface area contributed by atoms with E-state index in [1.165, 1.54) is 31.2 Å². The van der Waals surface area contributed by atoms with E-state index in [1.807, 2.05) is 22.6 Å². The van der Waals surface area contributed by atoms with Crippen LogP contribution in [0.2, 0.25) is 0 Å². The van der Waals surface area contributed by atoms with E-state index in [-0.39, 0.29) is 28.6 Å². The van der Waals surface area contributed by atoms with Crippen molar-refractivity contribution in [1.29, 1.82) is 0 Å². The van der Waals surface area contributed by atoms with E-state index in [9.17, 15) is 28.3 Å². The summed E-state index contributed by atoms with van der Waals surface area (Å²) in [5.41, 5.74) is 2.37. The molecule has 4 fully saturated rings. The van der Waals surface area contributed by atoms with Crippen molar-refractivity contribution < 1.29 is 23.5 Å². The molecule has 0 bridgehead atoms. The van der Waals surface area contributed by atoms with Crippen molar-refractivity contribution in [2.24, 2.45) is 0 Å². The normalized spacial score (nSPS) is 20.7. The largest absolute Gasteiger partial charge is 0.477 e. The Kier molecular flexibility index (Phi) is 8.42. The lowest BCUT2D eigenvalue weighted by molar-refractivity contribution is 0.0694. The average Bonchev–Trinajstić information content (AvgIpc) is 3.98. The molecule has 2 saturated carbocycles. The molecule has 0 amide bonds. The number of carboxylic acid groups (broad SMARTS) is 1. The van der Waals surface area contributed by atoms with Gasteiger partial charge >= 0.3 is 5.97 Å². The van der Waals surface area contributed by atoms with Crippen molar-refractivity contribution >= 4 is 39.7 Å². The highest BCUT2D eigenvalue weighted by Gasteiger charge is 2.36. The number of benzene rings is 2. The Balaban J connectivity index is 0.000000151. The van der Waals surface area contributed by atoms with Crippen LogP contribution in [0.1, 0.15) is 58.9 Å². The Morgan fingerprint density at radius 2 is 1.28 bits per heavy atom. The number of fused-ring (bicyclic) bond motifs is 2. The van der Waals surface area contributed by atoms with Crippen LogP contribution in [-0.4, -0.2) is 110 Å². The molecule has 3 aliphatic heterocycles. The number of rotatable bonds is 5. The molecule has 47 heavy (non-hydrogen) atoms. The first kappa shape index (κ1) is 31.6. The van der Waals surface area contributed by atoms with Gasteiger partial charge in [0.1, 0.15) is 17.2 Å². The van der Waals surface area contributed by atoms with Crippen molar-refractivity contribution in [1.82, 2.24) is 14.4 Å². The topological polar surface area (TPSA) is 92.6 Å². The molecule has 2 aliphatic carbocycles. The third-order valence-electron chi connectivity index (χ3n) is 10.2. The van der Waals surface area contributed by atoms with E-state index < -0.39 is 17.2 Å². The second-order valence-electron chi connectivity index (χ2n) is 13.6. The number of hydrogen-bond acceptors (Lipinski definition) is 8. The Morgan fingerprint density at radius 1 is 0.723 bits per heavy atom. The molecule has 1 N–H and O–H groups in total. The first-order valence-corrected chi connectivity index (χ1v) is 16.7. The maximum absolute atomic E-state index is 14.7. The number of likely N-dealkylation sites (N-methyl/N-ethyl adjacent to an activating group) is 2. The number of Topliss-reactive ketones (excluding diaryl/α,β-unsaturated/α-hetero) is 1. The molecule has 5 aliphatic rings. The molecule has 2 saturated heterocycles. The average molecular weight is 649 g/mol. The van der Waals surface area contributed by atoms with Gasteiger partial charge in [0.25, 0.3) is 0 Å². The van der Waals surface area contributed by atoms with E-state index in [0.717, 1.165) is 77.4 Å². The summed E-state index contributed by atoms with van der Waals surface area (Å²) in [6.07, 6.45) is 6.19. The smallest absolute Gasteiger partial charge is 0.341 e. The van der Waals surface area contributed by atoms with Crippen molar-refractivity contribution in [3.8, 4) is 0 Å². The fraction of sp³-hybridized carbons (Fsp3) is 0.514. The van der Waals surface area contributed by atoms with Crippen LogP contribution in [0.25, 0.3) is 10.9 Å². The molecule has 8 rings (SSSR count). The van der Waals surface area contributed by atoms with Crippen LogP contribution in [-0.2, 0) is 0 Å². The predicted molar refractivity (Wildman–Crippen MR) is 179 cm³/mol. The van der Waals surface area contributed by atoms with Gasteiger partial charge in [0.2, 0.25) is 5.43 Å². The number of anilines is 3. The predicted octanol–water partition coefficient (Wildman–Crippen LogP) is 4.06. The molecular weight excluding hydrogens is 606 g/mol. The lowest BCUT2D eigenvalue weighted by Crippen LogP contribution is -2.45. The van der Waals surface area contributed by atoms with Crippen LogP contribution < -0.4 is 20.1 Å². The maximum Gasteiger partial charge on any atom is 0.341 e. The lowest BCUT2D eigenvalue weighted by Gasteiger charge is -2.36. The van der Waals surface area contributed by atoms with E-state index in [1.54, 1.807) is 6.07 Å². The Hall–Kier alpha value is -4.03. The van der Waals surface area contributed by atoms with Gasteiger partial charge in [0.05, 0.1) is 22.6 Å². The highest BCUT2D eigenvalue weighted by molar-refractivity contribution is 6.04. The third kappa shape index (κ3) is 6.32. The van der Waals surface area contributed by atoms with Crippen molar-refractivity contribution in [2.45, 2.75) is 44.2 Å². The number of nitrogens with zero attached hydrogens (tertiary/aromatic N) is 6. The summed E-state index contributed by atoms with van der Waals surface area (Å²) in [4.78, 5) is 46.8. The maximum atomic E-state index is 14.7. The van der Waals surface area contributed by atoms with Gasteiger partial charge in [0, 0.05) is 94.6 Å². The first-order valence-electron chi connectivity index (χ1n) is 16.7. The molecule has 0 radical (unpaired) electrons. The minimum atomic E-state index is -1.27. The fourth-order valence-corrected chi connectivity index (χ4v) is 7.00. The molecule has 0 unspecified atom stereocenters. The van der Waals surface area contributed by atoms with Crippen LogP contribution in [0.4, 0.5) is 25.8 Å². The minimum Gasteiger partial charge on any atom is -0.477 e. The van der Waals surface area contributed by atoms with Gasteiger partial charge in [-0.3, -0.25) is 9.59 Å². The molecule has 12 heteroatoms. The van der Waals surface area contributed by atoms with Gasteiger partial charge in [-0.1, -0.05) is 0 Å². The summed E-state index contributed by atoms with van der Waals surface area (Å²) in [5, 5.41) is 9.43. The number of piperazine rings is 2. The van der Waals surface area contributed by atoms with Gasteiger partial charge in [-0.25, -0.2) is 13.6 Å². The molecule has 1 aromatic heterocycles. The lowest BCUT2D eigenvalue weighted by atomic mass is 9.98. The number of carboxylic acids is 1. The molecule has 0 atom stereocenters. The molecule has 2 aromatic carbocycles. The quantitative estimate of drug-likeness (QED) is 0.440. The number of halogens is 2. The molecule has 10 nitrogen and oxygen atoms in total. The van der Waals surface area contributed by atoms with Crippen molar-refractivity contribution in [3.05, 3.63) is 63.4 Å². The fourth-order valence-electron chi connectivity index (χ4n) is 7.00. The number of aromatic nitrogens is 1. The summed E-state index contributed by atoms with van der Waals surface area (Å²) in [5.74, 6) is -1.92.